The van der Waals surface area contributed by atoms with Crippen molar-refractivity contribution < 1.29 is 4.79 Å². The van der Waals surface area contributed by atoms with Gasteiger partial charge in [-0.2, -0.15) is 5.26 Å². The van der Waals surface area contributed by atoms with Crippen molar-refractivity contribution in [1.29, 1.82) is 5.26 Å². The van der Waals surface area contributed by atoms with E-state index in [1.807, 2.05) is 54.8 Å². The highest BCUT2D eigenvalue weighted by molar-refractivity contribution is 6.31. The first kappa shape index (κ1) is 14.4. The molecule has 0 fully saturated rings. The van der Waals surface area contributed by atoms with Crippen molar-refractivity contribution in [1.82, 2.24) is 4.57 Å². The quantitative estimate of drug-likeness (QED) is 0.800. The van der Waals surface area contributed by atoms with Gasteiger partial charge in [-0.3, -0.25) is 4.79 Å². The molecule has 20 heavy (non-hydrogen) atoms. The van der Waals surface area contributed by atoms with Crippen molar-refractivity contribution in [3.63, 3.8) is 0 Å². The molecule has 1 aromatic heterocycles. The first-order chi connectivity index (χ1) is 9.54. The number of carbonyl (C=O) groups excluding carboxylic acids is 1. The summed E-state index contributed by atoms with van der Waals surface area (Å²) in [5.74, 6) is -0.133. The van der Waals surface area contributed by atoms with Gasteiger partial charge in [0.25, 0.3) is 0 Å². The molecule has 4 heteroatoms. The largest absolute Gasteiger partial charge is 0.344 e. The van der Waals surface area contributed by atoms with Crippen LogP contribution in [0.4, 0.5) is 0 Å². The Hall–Kier alpha value is -2.05. The average Bonchev–Trinajstić information content (AvgIpc) is 2.69. The van der Waals surface area contributed by atoms with E-state index in [2.05, 4.69) is 0 Å². The number of rotatable bonds is 4. The molecule has 0 spiro atoms. The number of aromatic nitrogens is 1. The summed E-state index contributed by atoms with van der Waals surface area (Å²) in [7, 11) is 0. The van der Waals surface area contributed by atoms with Crippen LogP contribution in [0.2, 0.25) is 5.02 Å². The van der Waals surface area contributed by atoms with Crippen molar-refractivity contribution in [2.24, 2.45) is 0 Å². The van der Waals surface area contributed by atoms with Gasteiger partial charge in [0.1, 0.15) is 0 Å². The van der Waals surface area contributed by atoms with E-state index >= 15 is 0 Å². The summed E-state index contributed by atoms with van der Waals surface area (Å²) in [6.07, 6.45) is -0.0869. The second-order valence-corrected chi connectivity index (χ2v) is 5.13. The van der Waals surface area contributed by atoms with Gasteiger partial charge in [-0.1, -0.05) is 29.8 Å². The Bertz CT molecular complexity index is 695. The van der Waals surface area contributed by atoms with E-state index in [1.165, 1.54) is 0 Å². The van der Waals surface area contributed by atoms with E-state index in [0.717, 1.165) is 17.0 Å². The minimum atomic E-state index is -0.133. The van der Waals surface area contributed by atoms with Gasteiger partial charge in [0.2, 0.25) is 0 Å². The molecule has 0 aliphatic carbocycles. The molecule has 3 nitrogen and oxygen atoms in total. The maximum absolute atomic E-state index is 11.9. The predicted octanol–water partition coefficient (Wildman–Crippen LogP) is 3.90. The van der Waals surface area contributed by atoms with Crippen LogP contribution in [0.5, 0.6) is 0 Å². The van der Waals surface area contributed by atoms with Crippen molar-refractivity contribution in [3.8, 4) is 6.07 Å². The highest BCUT2D eigenvalue weighted by Gasteiger charge is 2.15. The summed E-state index contributed by atoms with van der Waals surface area (Å²) in [6, 6.07) is 11.4. The van der Waals surface area contributed by atoms with Gasteiger partial charge in [-0.15, -0.1) is 0 Å². The smallest absolute Gasteiger partial charge is 0.178 e. The lowest BCUT2D eigenvalue weighted by Gasteiger charge is -2.11. The molecule has 1 heterocycles. The van der Waals surface area contributed by atoms with E-state index in [1.54, 1.807) is 0 Å². The van der Waals surface area contributed by atoms with Gasteiger partial charge < -0.3 is 4.57 Å². The lowest BCUT2D eigenvalue weighted by molar-refractivity contribution is 0.0997. The van der Waals surface area contributed by atoms with E-state index in [9.17, 15) is 4.79 Å². The Balaban J connectivity index is 2.37. The number of hydrogen-bond donors (Lipinski definition) is 0. The lowest BCUT2D eigenvalue weighted by Crippen LogP contribution is -2.06. The number of Topliss-reactive ketones (excluding diaryl/α,β-unsaturated/α-hetero) is 1. The average molecular weight is 287 g/mol. The highest BCUT2D eigenvalue weighted by Crippen LogP contribution is 2.22. The van der Waals surface area contributed by atoms with Gasteiger partial charge in [-0.05, 0) is 31.5 Å². The normalized spacial score (nSPS) is 10.3. The Morgan fingerprint density at radius 3 is 2.70 bits per heavy atom. The van der Waals surface area contributed by atoms with Crippen LogP contribution in [-0.2, 0) is 6.54 Å². The molecule has 1 aromatic carbocycles. The molecule has 0 saturated heterocycles. The fourth-order valence-corrected chi connectivity index (χ4v) is 2.49. The number of aryl methyl sites for hydroxylation is 1. The van der Waals surface area contributed by atoms with Gasteiger partial charge >= 0.3 is 0 Å². The summed E-state index contributed by atoms with van der Waals surface area (Å²) in [5.41, 5.74) is 3.50. The van der Waals surface area contributed by atoms with E-state index in [4.69, 9.17) is 16.9 Å². The molecule has 102 valence electrons. The van der Waals surface area contributed by atoms with Crippen LogP contribution >= 0.6 is 11.6 Å². The lowest BCUT2D eigenvalue weighted by atomic mass is 10.1. The van der Waals surface area contributed by atoms with Crippen LogP contribution < -0.4 is 0 Å². The summed E-state index contributed by atoms with van der Waals surface area (Å²) >= 11 is 6.17. The zero-order chi connectivity index (χ0) is 14.7. The maximum Gasteiger partial charge on any atom is 0.178 e. The Kier molecular flexibility index (Phi) is 4.26. The first-order valence-electron chi connectivity index (χ1n) is 6.35. The third kappa shape index (κ3) is 2.76. The third-order valence-corrected chi connectivity index (χ3v) is 3.77. The van der Waals surface area contributed by atoms with Crippen molar-refractivity contribution in [2.75, 3.05) is 0 Å². The van der Waals surface area contributed by atoms with Gasteiger partial charge in [0.05, 0.1) is 12.5 Å². The van der Waals surface area contributed by atoms with Crippen LogP contribution in [0.3, 0.4) is 0 Å². The van der Waals surface area contributed by atoms with E-state index < -0.39 is 0 Å². The molecular formula is C16H15ClN2O. The third-order valence-electron chi connectivity index (χ3n) is 3.40. The van der Waals surface area contributed by atoms with Crippen molar-refractivity contribution >= 4 is 17.4 Å². The van der Waals surface area contributed by atoms with Gasteiger partial charge in [0, 0.05) is 28.5 Å². The molecule has 0 saturated carbocycles. The van der Waals surface area contributed by atoms with Crippen LogP contribution in [-0.4, -0.2) is 10.4 Å². The molecule has 0 N–H and O–H groups in total. The standard InChI is InChI=1S/C16H15ClN2O/c1-11-9-14(16(20)7-8-18)12(2)19(11)10-13-5-3-4-6-15(13)17/h3-6,9H,7,10H2,1-2H3. The summed E-state index contributed by atoms with van der Waals surface area (Å²) in [4.78, 5) is 11.9. The summed E-state index contributed by atoms with van der Waals surface area (Å²) in [6.45, 7) is 4.47. The van der Waals surface area contributed by atoms with Crippen molar-refractivity contribution in [3.05, 3.63) is 57.9 Å². The second kappa shape index (κ2) is 5.94. The minimum absolute atomic E-state index is 0.0869. The van der Waals surface area contributed by atoms with E-state index in [-0.39, 0.29) is 12.2 Å². The molecule has 0 aliphatic heterocycles. The second-order valence-electron chi connectivity index (χ2n) is 4.72. The number of halogens is 1. The molecular weight excluding hydrogens is 272 g/mol. The van der Waals surface area contributed by atoms with Crippen LogP contribution in [0.1, 0.15) is 33.7 Å². The van der Waals surface area contributed by atoms with Crippen LogP contribution in [0.15, 0.2) is 30.3 Å². The van der Waals surface area contributed by atoms with Crippen LogP contribution in [0, 0.1) is 25.2 Å². The number of ketones is 1. The molecule has 0 unspecified atom stereocenters. The Morgan fingerprint density at radius 2 is 2.05 bits per heavy atom. The summed E-state index contributed by atoms with van der Waals surface area (Å²) in [5, 5.41) is 9.35. The molecule has 0 amide bonds. The number of hydrogen-bond acceptors (Lipinski definition) is 2. The summed E-state index contributed by atoms with van der Waals surface area (Å²) < 4.78 is 2.05. The van der Waals surface area contributed by atoms with E-state index in [0.29, 0.717) is 17.1 Å². The molecule has 0 atom stereocenters. The predicted molar refractivity (Wildman–Crippen MR) is 79.0 cm³/mol. The zero-order valence-electron chi connectivity index (χ0n) is 11.5. The Morgan fingerprint density at radius 1 is 1.35 bits per heavy atom. The number of benzene rings is 1. The monoisotopic (exact) mass is 286 g/mol. The Labute approximate surface area is 123 Å². The first-order valence-corrected chi connectivity index (χ1v) is 6.72. The maximum atomic E-state index is 11.9. The molecule has 0 bridgehead atoms. The topological polar surface area (TPSA) is 45.8 Å². The molecule has 0 aliphatic rings. The molecule has 2 aromatic rings. The molecule has 2 rings (SSSR count). The SMILES string of the molecule is Cc1cc(C(=O)CC#N)c(C)n1Cc1ccccc1Cl. The number of carbonyl (C=O) groups is 1. The fourth-order valence-electron chi connectivity index (χ4n) is 2.29. The van der Waals surface area contributed by atoms with Crippen LogP contribution in [0.25, 0.3) is 0 Å². The molecule has 0 radical (unpaired) electrons. The van der Waals surface area contributed by atoms with Crippen molar-refractivity contribution in [2.45, 2.75) is 26.8 Å². The number of nitriles is 1. The highest BCUT2D eigenvalue weighted by atomic mass is 35.5. The minimum Gasteiger partial charge on any atom is -0.344 e. The zero-order valence-corrected chi connectivity index (χ0v) is 12.2. The van der Waals surface area contributed by atoms with Gasteiger partial charge in [0.15, 0.2) is 5.78 Å². The fraction of sp³-hybridized carbons (Fsp3) is 0.250. The van der Waals surface area contributed by atoms with Gasteiger partial charge in [-0.25, -0.2) is 0 Å². The number of nitrogens with zero attached hydrogens (tertiary/aromatic N) is 2.